The number of aromatic nitrogens is 1. The van der Waals surface area contributed by atoms with Crippen molar-refractivity contribution >= 4 is 11.5 Å². The normalized spacial score (nSPS) is 10.8. The standard InChI is InChI=1S/C27H32N2O/c1-20(2)30-26-18-24(15-9-8-14-23-12-6-5-7-13-23)17-25(19-26)22(4)29-27-21(3)11-10-16-28-27/h5-7,10-13,16-20H,4,8-9,14-15H2,1-3H3,(H,28,29). The van der Waals surface area contributed by atoms with E-state index in [1.165, 1.54) is 17.5 Å². The number of nitrogens with one attached hydrogen (secondary N) is 1. The minimum atomic E-state index is 0.130. The zero-order chi connectivity index (χ0) is 21.3. The highest BCUT2D eigenvalue weighted by Gasteiger charge is 2.09. The second kappa shape index (κ2) is 10.6. The minimum Gasteiger partial charge on any atom is -0.491 e. The fourth-order valence-corrected chi connectivity index (χ4v) is 3.45. The van der Waals surface area contributed by atoms with Gasteiger partial charge in [-0.1, -0.05) is 43.0 Å². The van der Waals surface area contributed by atoms with Gasteiger partial charge in [-0.3, -0.25) is 0 Å². The average Bonchev–Trinajstić information content (AvgIpc) is 2.73. The van der Waals surface area contributed by atoms with Crippen LogP contribution in [-0.2, 0) is 12.8 Å². The third-order valence-corrected chi connectivity index (χ3v) is 4.99. The van der Waals surface area contributed by atoms with Gasteiger partial charge in [-0.25, -0.2) is 4.98 Å². The Bertz CT molecular complexity index is 964. The predicted octanol–water partition coefficient (Wildman–Crippen LogP) is 6.83. The predicted molar refractivity (Wildman–Crippen MR) is 127 cm³/mol. The lowest BCUT2D eigenvalue weighted by molar-refractivity contribution is 0.242. The second-order valence-electron chi connectivity index (χ2n) is 8.00. The number of rotatable bonds is 10. The van der Waals surface area contributed by atoms with Crippen LogP contribution in [0, 0.1) is 6.92 Å². The van der Waals surface area contributed by atoms with Crippen LogP contribution >= 0.6 is 0 Å². The van der Waals surface area contributed by atoms with Crippen LogP contribution in [0.2, 0.25) is 0 Å². The first-order valence-electron chi connectivity index (χ1n) is 10.7. The highest BCUT2D eigenvalue weighted by atomic mass is 16.5. The van der Waals surface area contributed by atoms with Gasteiger partial charge in [-0.15, -0.1) is 0 Å². The number of anilines is 1. The molecule has 0 unspecified atom stereocenters. The molecule has 0 saturated heterocycles. The van der Waals surface area contributed by atoms with Crippen molar-refractivity contribution < 1.29 is 4.74 Å². The lowest BCUT2D eigenvalue weighted by Crippen LogP contribution is -2.07. The Morgan fingerprint density at radius 1 is 0.967 bits per heavy atom. The lowest BCUT2D eigenvalue weighted by atomic mass is 10.0. The van der Waals surface area contributed by atoms with Crippen LogP contribution in [-0.4, -0.2) is 11.1 Å². The monoisotopic (exact) mass is 400 g/mol. The number of unbranched alkanes of at least 4 members (excludes halogenated alkanes) is 1. The van der Waals surface area contributed by atoms with Crippen LogP contribution in [0.15, 0.2) is 73.4 Å². The first-order chi connectivity index (χ1) is 14.5. The first-order valence-corrected chi connectivity index (χ1v) is 10.7. The summed E-state index contributed by atoms with van der Waals surface area (Å²) in [6.07, 6.45) is 6.36. The maximum absolute atomic E-state index is 6.01. The summed E-state index contributed by atoms with van der Waals surface area (Å²) in [5, 5.41) is 3.36. The molecule has 0 atom stereocenters. The van der Waals surface area contributed by atoms with Gasteiger partial charge >= 0.3 is 0 Å². The van der Waals surface area contributed by atoms with E-state index in [2.05, 4.69) is 79.3 Å². The van der Waals surface area contributed by atoms with Gasteiger partial charge in [0.1, 0.15) is 11.6 Å². The summed E-state index contributed by atoms with van der Waals surface area (Å²) in [5.41, 5.74) is 5.64. The van der Waals surface area contributed by atoms with Gasteiger partial charge in [0.2, 0.25) is 0 Å². The maximum atomic E-state index is 6.01. The number of hydrogen-bond donors (Lipinski definition) is 1. The summed E-state index contributed by atoms with van der Waals surface area (Å²) < 4.78 is 6.01. The topological polar surface area (TPSA) is 34.2 Å². The molecule has 0 saturated carbocycles. The molecule has 0 aliphatic carbocycles. The van der Waals surface area contributed by atoms with Crippen LogP contribution in [0.5, 0.6) is 5.75 Å². The van der Waals surface area contributed by atoms with Crippen molar-refractivity contribution in [2.75, 3.05) is 5.32 Å². The van der Waals surface area contributed by atoms with Crippen LogP contribution < -0.4 is 10.1 Å². The number of benzene rings is 2. The van der Waals surface area contributed by atoms with Gasteiger partial charge in [-0.05, 0) is 87.4 Å². The zero-order valence-corrected chi connectivity index (χ0v) is 18.3. The summed E-state index contributed by atoms with van der Waals surface area (Å²) >= 11 is 0. The van der Waals surface area contributed by atoms with Crippen LogP contribution in [0.25, 0.3) is 5.70 Å². The zero-order valence-electron chi connectivity index (χ0n) is 18.3. The Labute approximate surface area is 180 Å². The van der Waals surface area contributed by atoms with Crippen molar-refractivity contribution in [3.05, 3.63) is 95.7 Å². The molecule has 0 radical (unpaired) electrons. The van der Waals surface area contributed by atoms with Gasteiger partial charge < -0.3 is 10.1 Å². The van der Waals surface area contributed by atoms with Crippen LogP contribution in [0.3, 0.4) is 0 Å². The van der Waals surface area contributed by atoms with E-state index < -0.39 is 0 Å². The summed E-state index contributed by atoms with van der Waals surface area (Å²) in [6.45, 7) is 10.4. The Morgan fingerprint density at radius 3 is 2.40 bits per heavy atom. The molecule has 0 aliphatic rings. The fraction of sp³-hybridized carbons (Fsp3) is 0.296. The molecule has 1 aromatic heterocycles. The second-order valence-corrected chi connectivity index (χ2v) is 8.00. The molecular weight excluding hydrogens is 368 g/mol. The lowest BCUT2D eigenvalue weighted by Gasteiger charge is -2.16. The molecule has 3 rings (SSSR count). The number of hydrogen-bond acceptors (Lipinski definition) is 3. The SMILES string of the molecule is C=C(Nc1ncccc1C)c1cc(CCCCc2ccccc2)cc(OC(C)C)c1. The molecule has 2 aromatic carbocycles. The largest absolute Gasteiger partial charge is 0.491 e. The van der Waals surface area contributed by atoms with E-state index in [0.29, 0.717) is 0 Å². The van der Waals surface area contributed by atoms with Crippen molar-refractivity contribution in [3.8, 4) is 5.75 Å². The molecule has 30 heavy (non-hydrogen) atoms. The van der Waals surface area contributed by atoms with Gasteiger partial charge in [0.25, 0.3) is 0 Å². The van der Waals surface area contributed by atoms with E-state index >= 15 is 0 Å². The molecule has 0 bridgehead atoms. The molecule has 3 nitrogen and oxygen atoms in total. The molecule has 156 valence electrons. The molecule has 3 heteroatoms. The minimum absolute atomic E-state index is 0.130. The number of nitrogens with zero attached hydrogens (tertiary/aromatic N) is 1. The van der Waals surface area contributed by atoms with E-state index in [9.17, 15) is 0 Å². The van der Waals surface area contributed by atoms with Gasteiger partial charge in [0, 0.05) is 17.5 Å². The Hall–Kier alpha value is -3.07. The van der Waals surface area contributed by atoms with E-state index in [1.54, 1.807) is 6.20 Å². The molecule has 3 aromatic rings. The van der Waals surface area contributed by atoms with E-state index in [1.807, 2.05) is 19.1 Å². The van der Waals surface area contributed by atoms with Crippen molar-refractivity contribution in [2.24, 2.45) is 0 Å². The van der Waals surface area contributed by atoms with Crippen molar-refractivity contribution in [2.45, 2.75) is 52.6 Å². The van der Waals surface area contributed by atoms with Crippen molar-refractivity contribution in [3.63, 3.8) is 0 Å². The first kappa shape index (κ1) is 21.6. The smallest absolute Gasteiger partial charge is 0.133 e. The third-order valence-electron chi connectivity index (χ3n) is 4.99. The number of aryl methyl sites for hydroxylation is 3. The molecule has 1 N–H and O–H groups in total. The Kier molecular flexibility index (Phi) is 7.67. The van der Waals surface area contributed by atoms with Crippen LogP contribution in [0.1, 0.15) is 48.9 Å². The molecule has 0 aliphatic heterocycles. The molecular formula is C27H32N2O. The van der Waals surface area contributed by atoms with Gasteiger partial charge in [-0.2, -0.15) is 0 Å². The fourth-order valence-electron chi connectivity index (χ4n) is 3.45. The third kappa shape index (κ3) is 6.48. The van der Waals surface area contributed by atoms with Crippen molar-refractivity contribution in [1.29, 1.82) is 0 Å². The molecule has 0 amide bonds. The summed E-state index contributed by atoms with van der Waals surface area (Å²) in [5.74, 6) is 1.73. The quantitative estimate of drug-likeness (QED) is 0.379. The number of pyridine rings is 1. The Balaban J connectivity index is 1.69. The molecule has 0 spiro atoms. The Morgan fingerprint density at radius 2 is 1.70 bits per heavy atom. The molecule has 0 fully saturated rings. The van der Waals surface area contributed by atoms with E-state index in [4.69, 9.17) is 4.74 Å². The highest BCUT2D eigenvalue weighted by molar-refractivity contribution is 5.75. The van der Waals surface area contributed by atoms with Gasteiger partial charge in [0.05, 0.1) is 6.10 Å². The van der Waals surface area contributed by atoms with E-state index in [0.717, 1.165) is 47.7 Å². The summed E-state index contributed by atoms with van der Waals surface area (Å²) in [7, 11) is 0. The van der Waals surface area contributed by atoms with Gasteiger partial charge in [0.15, 0.2) is 0 Å². The highest BCUT2D eigenvalue weighted by Crippen LogP contribution is 2.26. The average molecular weight is 401 g/mol. The summed E-state index contributed by atoms with van der Waals surface area (Å²) in [6, 6.07) is 21.1. The van der Waals surface area contributed by atoms with Crippen molar-refractivity contribution in [1.82, 2.24) is 4.98 Å². The maximum Gasteiger partial charge on any atom is 0.133 e. The van der Waals surface area contributed by atoms with Crippen LogP contribution in [0.4, 0.5) is 5.82 Å². The number of ether oxygens (including phenoxy) is 1. The summed E-state index contributed by atoms with van der Waals surface area (Å²) in [4.78, 5) is 4.42. The van der Waals surface area contributed by atoms with E-state index in [-0.39, 0.29) is 6.10 Å². The molecule has 1 heterocycles.